The number of carbonyl (C=O) groups is 1. The first-order chi connectivity index (χ1) is 12.3. The largest absolute Gasteiger partial charge is 0.491 e. The number of nitrogens with zero attached hydrogens (tertiary/aromatic N) is 2. The molecule has 0 aliphatic heterocycles. The predicted octanol–water partition coefficient (Wildman–Crippen LogP) is 2.17. The first kappa shape index (κ1) is 16.7. The minimum atomic E-state index is -0.158. The molecule has 0 aliphatic carbocycles. The highest BCUT2D eigenvalue weighted by atomic mass is 16.5. The van der Waals surface area contributed by atoms with Gasteiger partial charge in [-0.2, -0.15) is 0 Å². The third-order valence-corrected chi connectivity index (χ3v) is 3.69. The van der Waals surface area contributed by atoms with Gasteiger partial charge >= 0.3 is 0 Å². The molecule has 25 heavy (non-hydrogen) atoms. The molecule has 0 fully saturated rings. The lowest BCUT2D eigenvalue weighted by atomic mass is 10.1. The number of ether oxygens (including phenoxy) is 1. The topological polar surface area (TPSA) is 76.4 Å². The summed E-state index contributed by atoms with van der Waals surface area (Å²) in [5, 5.41) is 11.8. The second kappa shape index (κ2) is 8.12. The number of carbonyl (C=O) groups excluding carboxylic acids is 1. The highest BCUT2D eigenvalue weighted by molar-refractivity contribution is 5.94. The molecule has 3 rings (SSSR count). The van der Waals surface area contributed by atoms with Crippen molar-refractivity contribution in [3.05, 3.63) is 78.4 Å². The molecular formula is C19H19N3O3. The molecule has 1 aromatic heterocycles. The van der Waals surface area contributed by atoms with Crippen molar-refractivity contribution in [2.45, 2.75) is 6.54 Å². The average Bonchev–Trinajstić information content (AvgIpc) is 3.20. The van der Waals surface area contributed by atoms with E-state index in [-0.39, 0.29) is 19.1 Å². The molecule has 0 radical (unpaired) electrons. The maximum atomic E-state index is 12.3. The SMILES string of the molecule is O=C(NCc1ccccc1OCCO)c1ccc(-n2ccnc2)cc1. The van der Waals surface area contributed by atoms with Gasteiger partial charge in [-0.1, -0.05) is 18.2 Å². The van der Waals surface area contributed by atoms with Gasteiger partial charge in [-0.25, -0.2) is 4.98 Å². The summed E-state index contributed by atoms with van der Waals surface area (Å²) in [4.78, 5) is 16.3. The molecule has 0 unspecified atom stereocenters. The van der Waals surface area contributed by atoms with E-state index < -0.39 is 0 Å². The molecule has 0 atom stereocenters. The van der Waals surface area contributed by atoms with Crippen LogP contribution in [0.25, 0.3) is 5.69 Å². The van der Waals surface area contributed by atoms with E-state index in [9.17, 15) is 4.79 Å². The zero-order valence-electron chi connectivity index (χ0n) is 13.6. The van der Waals surface area contributed by atoms with Crippen molar-refractivity contribution in [2.75, 3.05) is 13.2 Å². The molecule has 1 heterocycles. The second-order valence-electron chi connectivity index (χ2n) is 5.38. The van der Waals surface area contributed by atoms with Crippen LogP contribution < -0.4 is 10.1 Å². The second-order valence-corrected chi connectivity index (χ2v) is 5.38. The molecule has 6 heteroatoms. The fraction of sp³-hybridized carbons (Fsp3) is 0.158. The number of aromatic nitrogens is 2. The van der Waals surface area contributed by atoms with Gasteiger partial charge in [0.15, 0.2) is 0 Å². The Morgan fingerprint density at radius 1 is 1.16 bits per heavy atom. The normalized spacial score (nSPS) is 10.4. The van der Waals surface area contributed by atoms with E-state index >= 15 is 0 Å². The van der Waals surface area contributed by atoms with Crippen LogP contribution in [0.15, 0.2) is 67.3 Å². The maximum Gasteiger partial charge on any atom is 0.251 e. The van der Waals surface area contributed by atoms with Gasteiger partial charge in [0.25, 0.3) is 5.91 Å². The first-order valence-corrected chi connectivity index (χ1v) is 7.96. The summed E-state index contributed by atoms with van der Waals surface area (Å²) >= 11 is 0. The first-order valence-electron chi connectivity index (χ1n) is 7.96. The van der Waals surface area contributed by atoms with Crippen LogP contribution >= 0.6 is 0 Å². The smallest absolute Gasteiger partial charge is 0.251 e. The van der Waals surface area contributed by atoms with E-state index in [1.807, 2.05) is 47.2 Å². The molecule has 0 saturated carbocycles. The van der Waals surface area contributed by atoms with Gasteiger partial charge in [0.1, 0.15) is 12.4 Å². The van der Waals surface area contributed by atoms with Crippen molar-refractivity contribution in [1.82, 2.24) is 14.9 Å². The number of amides is 1. The Morgan fingerprint density at radius 3 is 2.68 bits per heavy atom. The molecule has 0 bridgehead atoms. The predicted molar refractivity (Wildman–Crippen MR) is 93.8 cm³/mol. The van der Waals surface area contributed by atoms with Crippen LogP contribution in [0.2, 0.25) is 0 Å². The Labute approximate surface area is 145 Å². The number of hydrogen-bond donors (Lipinski definition) is 2. The molecule has 0 saturated heterocycles. The van der Waals surface area contributed by atoms with Gasteiger partial charge < -0.3 is 19.7 Å². The Morgan fingerprint density at radius 2 is 1.96 bits per heavy atom. The Hall–Kier alpha value is -3.12. The molecule has 2 aromatic carbocycles. The van der Waals surface area contributed by atoms with Crippen LogP contribution in [0.5, 0.6) is 5.75 Å². The lowest BCUT2D eigenvalue weighted by Crippen LogP contribution is -2.23. The summed E-state index contributed by atoms with van der Waals surface area (Å²) in [5.74, 6) is 0.501. The number of rotatable bonds is 7. The van der Waals surface area contributed by atoms with E-state index in [1.54, 1.807) is 24.7 Å². The van der Waals surface area contributed by atoms with E-state index in [4.69, 9.17) is 9.84 Å². The maximum absolute atomic E-state index is 12.3. The van der Waals surface area contributed by atoms with Gasteiger partial charge in [0.2, 0.25) is 0 Å². The molecule has 6 nitrogen and oxygen atoms in total. The van der Waals surface area contributed by atoms with Crippen LogP contribution in [0.3, 0.4) is 0 Å². The molecule has 0 aliphatic rings. The van der Waals surface area contributed by atoms with Crippen LogP contribution in [0.1, 0.15) is 15.9 Å². The van der Waals surface area contributed by atoms with E-state index in [1.165, 1.54) is 0 Å². The zero-order chi connectivity index (χ0) is 17.5. The Bertz CT molecular complexity index is 814. The molecule has 0 spiro atoms. The van der Waals surface area contributed by atoms with Crippen molar-refractivity contribution in [3.63, 3.8) is 0 Å². The summed E-state index contributed by atoms with van der Waals surface area (Å²) in [6.45, 7) is 0.522. The number of para-hydroxylation sites is 1. The highest BCUT2D eigenvalue weighted by Crippen LogP contribution is 2.18. The average molecular weight is 337 g/mol. The van der Waals surface area contributed by atoms with Crippen molar-refractivity contribution >= 4 is 5.91 Å². The quantitative estimate of drug-likeness (QED) is 0.693. The van der Waals surface area contributed by atoms with Crippen molar-refractivity contribution in [1.29, 1.82) is 0 Å². The van der Waals surface area contributed by atoms with Crippen molar-refractivity contribution in [3.8, 4) is 11.4 Å². The minimum absolute atomic E-state index is 0.0516. The number of benzene rings is 2. The fourth-order valence-corrected chi connectivity index (χ4v) is 2.42. The summed E-state index contributed by atoms with van der Waals surface area (Å²) in [6, 6.07) is 14.7. The molecule has 3 aromatic rings. The van der Waals surface area contributed by atoms with Gasteiger partial charge in [-0.3, -0.25) is 4.79 Å². The monoisotopic (exact) mass is 337 g/mol. The van der Waals surface area contributed by atoms with Crippen LogP contribution in [0.4, 0.5) is 0 Å². The molecular weight excluding hydrogens is 318 g/mol. The Balaban J connectivity index is 1.63. The summed E-state index contributed by atoms with van der Waals surface area (Å²) in [6.07, 6.45) is 5.26. The third kappa shape index (κ3) is 4.24. The number of nitrogens with one attached hydrogen (secondary N) is 1. The summed E-state index contributed by atoms with van der Waals surface area (Å²) in [7, 11) is 0. The van der Waals surface area contributed by atoms with Gasteiger partial charge in [0, 0.05) is 35.8 Å². The van der Waals surface area contributed by atoms with Gasteiger partial charge in [-0.05, 0) is 30.3 Å². The van der Waals surface area contributed by atoms with E-state index in [0.717, 1.165) is 11.3 Å². The standard InChI is InChI=1S/C19H19N3O3/c23-11-12-25-18-4-2-1-3-16(18)13-21-19(24)15-5-7-17(8-6-15)22-10-9-20-14-22/h1-10,14,23H,11-13H2,(H,21,24). The van der Waals surface area contributed by atoms with Gasteiger partial charge in [0.05, 0.1) is 12.9 Å². The van der Waals surface area contributed by atoms with Crippen molar-refractivity contribution < 1.29 is 14.6 Å². The van der Waals surface area contributed by atoms with Crippen LogP contribution in [-0.2, 0) is 6.54 Å². The van der Waals surface area contributed by atoms with Gasteiger partial charge in [-0.15, -0.1) is 0 Å². The summed E-state index contributed by atoms with van der Waals surface area (Å²) < 4.78 is 7.34. The molecule has 2 N–H and O–H groups in total. The molecule has 128 valence electrons. The van der Waals surface area contributed by atoms with Crippen molar-refractivity contribution in [2.24, 2.45) is 0 Å². The number of hydrogen-bond acceptors (Lipinski definition) is 4. The number of aliphatic hydroxyl groups is 1. The zero-order valence-corrected chi connectivity index (χ0v) is 13.6. The number of imidazole rings is 1. The van der Waals surface area contributed by atoms with E-state index in [2.05, 4.69) is 10.3 Å². The molecule has 1 amide bonds. The van der Waals surface area contributed by atoms with Crippen LogP contribution in [-0.4, -0.2) is 33.8 Å². The third-order valence-electron chi connectivity index (χ3n) is 3.69. The van der Waals surface area contributed by atoms with Crippen LogP contribution in [0, 0.1) is 0 Å². The number of aliphatic hydroxyl groups excluding tert-OH is 1. The fourth-order valence-electron chi connectivity index (χ4n) is 2.42. The lowest BCUT2D eigenvalue weighted by Gasteiger charge is -2.11. The Kier molecular flexibility index (Phi) is 5.43. The lowest BCUT2D eigenvalue weighted by molar-refractivity contribution is 0.0950. The minimum Gasteiger partial charge on any atom is -0.491 e. The van der Waals surface area contributed by atoms with E-state index in [0.29, 0.717) is 17.9 Å². The highest BCUT2D eigenvalue weighted by Gasteiger charge is 2.08. The summed E-state index contributed by atoms with van der Waals surface area (Å²) in [5.41, 5.74) is 2.38.